The molecule has 4 N–H and O–H groups in total. The van der Waals surface area contributed by atoms with Gasteiger partial charge in [0.15, 0.2) is 5.75 Å². The summed E-state index contributed by atoms with van der Waals surface area (Å²) in [6.07, 6.45) is -8.01. The molecule has 0 atom stereocenters. The Morgan fingerprint density at radius 1 is 1.42 bits per heavy atom. The van der Waals surface area contributed by atoms with E-state index in [1.807, 2.05) is 0 Å². The Labute approximate surface area is 103 Å². The Morgan fingerprint density at radius 3 is 2.37 bits per heavy atom. The van der Waals surface area contributed by atoms with Crippen LogP contribution in [-0.2, 0) is 6.54 Å². The highest BCUT2D eigenvalue weighted by Gasteiger charge is 2.36. The van der Waals surface area contributed by atoms with Gasteiger partial charge in [0.1, 0.15) is 5.56 Å². The first kappa shape index (κ1) is 15.1. The second-order valence-electron chi connectivity index (χ2n) is 3.28. The lowest BCUT2D eigenvalue weighted by atomic mass is 10.1. The monoisotopic (exact) mass is 285 g/mol. The van der Waals surface area contributed by atoms with Gasteiger partial charge >= 0.3 is 6.36 Å². The van der Waals surface area contributed by atoms with Gasteiger partial charge in [-0.05, 0) is 0 Å². The van der Waals surface area contributed by atoms with E-state index in [4.69, 9.17) is 11.5 Å². The zero-order valence-electron chi connectivity index (χ0n) is 9.17. The predicted molar refractivity (Wildman–Crippen MR) is 52.3 cm³/mol. The Morgan fingerprint density at radius 2 is 2.00 bits per heavy atom. The average molecular weight is 285 g/mol. The maximum atomic E-state index is 12.8. The standard InChI is InChI=1S/C9H8F5N3O2/c10-7(11)5-4(1-15)17-2-3(8(16)18)6(5)19-9(12,13)14/h2,7H,1,15H2,(H2,16,18). The number of primary amides is 1. The summed E-state index contributed by atoms with van der Waals surface area (Å²) in [4.78, 5) is 14.3. The number of carbonyl (C=O) groups excluding carboxylic acids is 1. The molecule has 0 aliphatic heterocycles. The van der Waals surface area contributed by atoms with E-state index in [0.29, 0.717) is 6.20 Å². The second-order valence-corrected chi connectivity index (χ2v) is 3.28. The minimum atomic E-state index is -5.26. The third kappa shape index (κ3) is 3.50. The molecule has 0 aromatic carbocycles. The van der Waals surface area contributed by atoms with Gasteiger partial charge in [0.05, 0.1) is 11.3 Å². The predicted octanol–water partition coefficient (Wildman–Crippen LogP) is 1.48. The number of alkyl halides is 5. The molecule has 1 aromatic rings. The van der Waals surface area contributed by atoms with Crippen molar-refractivity contribution in [3.8, 4) is 5.75 Å². The molecule has 5 nitrogen and oxygen atoms in total. The highest BCUT2D eigenvalue weighted by Crippen LogP contribution is 2.37. The summed E-state index contributed by atoms with van der Waals surface area (Å²) in [6, 6.07) is 0. The molecule has 0 radical (unpaired) electrons. The quantitative estimate of drug-likeness (QED) is 0.819. The van der Waals surface area contributed by atoms with E-state index in [1.54, 1.807) is 0 Å². The second kappa shape index (κ2) is 5.34. The Balaban J connectivity index is 3.53. The van der Waals surface area contributed by atoms with Crippen molar-refractivity contribution in [2.75, 3.05) is 0 Å². The third-order valence-corrected chi connectivity index (χ3v) is 2.04. The molecule has 0 saturated heterocycles. The van der Waals surface area contributed by atoms with Crippen LogP contribution in [0.3, 0.4) is 0 Å². The normalized spacial score (nSPS) is 11.7. The van der Waals surface area contributed by atoms with Crippen LogP contribution >= 0.6 is 0 Å². The van der Waals surface area contributed by atoms with E-state index in [-0.39, 0.29) is 0 Å². The van der Waals surface area contributed by atoms with Gasteiger partial charge in [-0.25, -0.2) is 8.78 Å². The molecular weight excluding hydrogens is 277 g/mol. The summed E-state index contributed by atoms with van der Waals surface area (Å²) in [5.41, 5.74) is 7.28. The van der Waals surface area contributed by atoms with Crippen molar-refractivity contribution in [3.63, 3.8) is 0 Å². The molecule has 0 fully saturated rings. The van der Waals surface area contributed by atoms with Gasteiger partial charge < -0.3 is 16.2 Å². The van der Waals surface area contributed by atoms with Crippen LogP contribution in [0.15, 0.2) is 6.20 Å². The number of amides is 1. The molecule has 0 spiro atoms. The Kier molecular flexibility index (Phi) is 4.24. The van der Waals surface area contributed by atoms with Crippen LogP contribution in [0.4, 0.5) is 22.0 Å². The fourth-order valence-electron chi connectivity index (χ4n) is 1.34. The van der Waals surface area contributed by atoms with Crippen LogP contribution in [0.2, 0.25) is 0 Å². The van der Waals surface area contributed by atoms with Crippen LogP contribution in [-0.4, -0.2) is 17.3 Å². The molecule has 1 aromatic heterocycles. The largest absolute Gasteiger partial charge is 0.573 e. The lowest BCUT2D eigenvalue weighted by molar-refractivity contribution is -0.275. The van der Waals surface area contributed by atoms with Gasteiger partial charge in [-0.1, -0.05) is 0 Å². The average Bonchev–Trinajstić information content (AvgIpc) is 2.25. The van der Waals surface area contributed by atoms with Crippen molar-refractivity contribution in [1.29, 1.82) is 0 Å². The van der Waals surface area contributed by atoms with Crippen LogP contribution in [0.5, 0.6) is 5.75 Å². The fraction of sp³-hybridized carbons (Fsp3) is 0.333. The summed E-state index contributed by atoms with van der Waals surface area (Å²) in [7, 11) is 0. The van der Waals surface area contributed by atoms with E-state index in [1.165, 1.54) is 0 Å². The highest BCUT2D eigenvalue weighted by atomic mass is 19.4. The third-order valence-electron chi connectivity index (χ3n) is 2.04. The number of aromatic nitrogens is 1. The van der Waals surface area contributed by atoms with E-state index < -0.39 is 47.8 Å². The zero-order chi connectivity index (χ0) is 14.8. The number of nitrogens with two attached hydrogens (primary N) is 2. The molecule has 19 heavy (non-hydrogen) atoms. The van der Waals surface area contributed by atoms with Gasteiger partial charge in [-0.2, -0.15) is 0 Å². The Bertz CT molecular complexity index is 489. The first-order chi connectivity index (χ1) is 8.67. The van der Waals surface area contributed by atoms with E-state index in [0.717, 1.165) is 0 Å². The molecule has 1 heterocycles. The minimum Gasteiger partial charge on any atom is -0.404 e. The maximum absolute atomic E-state index is 12.8. The van der Waals surface area contributed by atoms with Crippen LogP contribution in [0, 0.1) is 0 Å². The minimum absolute atomic E-state index is 0.515. The van der Waals surface area contributed by atoms with Crippen molar-refractivity contribution >= 4 is 5.91 Å². The zero-order valence-corrected chi connectivity index (χ0v) is 9.17. The van der Waals surface area contributed by atoms with Gasteiger partial charge in [-0.15, -0.1) is 13.2 Å². The van der Waals surface area contributed by atoms with Gasteiger partial charge in [0, 0.05) is 12.7 Å². The molecule has 0 bridgehead atoms. The summed E-state index contributed by atoms with van der Waals surface area (Å²) in [6.45, 7) is -0.549. The summed E-state index contributed by atoms with van der Waals surface area (Å²) < 4.78 is 65.6. The summed E-state index contributed by atoms with van der Waals surface area (Å²) in [5, 5.41) is 0. The topological polar surface area (TPSA) is 91.2 Å². The molecule has 0 aliphatic rings. The Hall–Kier alpha value is -1.97. The molecular formula is C9H8F5N3O2. The van der Waals surface area contributed by atoms with Gasteiger partial charge in [-0.3, -0.25) is 9.78 Å². The molecule has 0 unspecified atom stereocenters. The molecule has 1 amide bonds. The van der Waals surface area contributed by atoms with Crippen molar-refractivity contribution in [2.24, 2.45) is 11.5 Å². The lowest BCUT2D eigenvalue weighted by Crippen LogP contribution is -2.24. The SMILES string of the molecule is NCc1ncc(C(N)=O)c(OC(F)(F)F)c1C(F)F. The van der Waals surface area contributed by atoms with Crippen LogP contribution < -0.4 is 16.2 Å². The molecule has 1 rings (SSSR count). The van der Waals surface area contributed by atoms with Crippen molar-refractivity contribution in [3.05, 3.63) is 23.0 Å². The summed E-state index contributed by atoms with van der Waals surface area (Å²) in [5.74, 6) is -2.75. The number of hydrogen-bond acceptors (Lipinski definition) is 4. The molecule has 106 valence electrons. The van der Waals surface area contributed by atoms with Crippen molar-refractivity contribution in [1.82, 2.24) is 4.98 Å². The lowest BCUT2D eigenvalue weighted by Gasteiger charge is -2.17. The number of rotatable bonds is 4. The molecule has 0 saturated carbocycles. The van der Waals surface area contributed by atoms with E-state index in [9.17, 15) is 26.7 Å². The number of ether oxygens (including phenoxy) is 1. The maximum Gasteiger partial charge on any atom is 0.573 e. The number of carbonyl (C=O) groups is 1. The van der Waals surface area contributed by atoms with Crippen molar-refractivity contribution < 1.29 is 31.5 Å². The smallest absolute Gasteiger partial charge is 0.404 e. The number of pyridine rings is 1. The molecule has 0 aliphatic carbocycles. The fourth-order valence-corrected chi connectivity index (χ4v) is 1.34. The van der Waals surface area contributed by atoms with E-state index >= 15 is 0 Å². The molecule has 10 heteroatoms. The number of nitrogens with zero attached hydrogens (tertiary/aromatic N) is 1. The van der Waals surface area contributed by atoms with Crippen molar-refractivity contribution in [2.45, 2.75) is 19.3 Å². The van der Waals surface area contributed by atoms with Gasteiger partial charge in [0.25, 0.3) is 12.3 Å². The number of halogens is 5. The van der Waals surface area contributed by atoms with Crippen LogP contribution in [0.25, 0.3) is 0 Å². The van der Waals surface area contributed by atoms with Gasteiger partial charge in [0.2, 0.25) is 0 Å². The van der Waals surface area contributed by atoms with E-state index in [2.05, 4.69) is 9.72 Å². The first-order valence-corrected chi connectivity index (χ1v) is 4.73. The summed E-state index contributed by atoms with van der Waals surface area (Å²) >= 11 is 0. The van der Waals surface area contributed by atoms with Crippen LogP contribution in [0.1, 0.15) is 28.0 Å². The highest BCUT2D eigenvalue weighted by molar-refractivity contribution is 5.95. The number of hydrogen-bond donors (Lipinski definition) is 2. The first-order valence-electron chi connectivity index (χ1n) is 4.73.